The van der Waals surface area contributed by atoms with Gasteiger partial charge in [0.05, 0.1) is 12.7 Å². The third kappa shape index (κ3) is 5.22. The molecule has 0 aromatic heterocycles. The van der Waals surface area contributed by atoms with Crippen molar-refractivity contribution in [1.82, 2.24) is 5.32 Å². The van der Waals surface area contributed by atoms with Crippen LogP contribution in [0.15, 0.2) is 12.7 Å². The maximum absolute atomic E-state index is 6.08. The standard InChI is InChI=1S/C15H29NO/c1-5-8-16-9-10-17-15-11-13(4)6-7-14(15)12(2)3/h5,12-16H,1,6-11H2,2-4H3. The molecule has 0 aromatic carbocycles. The highest BCUT2D eigenvalue weighted by Gasteiger charge is 2.31. The zero-order valence-corrected chi connectivity index (χ0v) is 11.7. The molecular formula is C15H29NO. The molecule has 1 saturated carbocycles. The molecule has 0 bridgehead atoms. The van der Waals surface area contributed by atoms with Crippen molar-refractivity contribution < 1.29 is 4.74 Å². The first-order valence-corrected chi connectivity index (χ1v) is 7.08. The van der Waals surface area contributed by atoms with Crippen LogP contribution in [0, 0.1) is 17.8 Å². The van der Waals surface area contributed by atoms with E-state index < -0.39 is 0 Å². The van der Waals surface area contributed by atoms with E-state index in [1.54, 1.807) is 0 Å². The van der Waals surface area contributed by atoms with Gasteiger partial charge in [-0.1, -0.05) is 33.3 Å². The van der Waals surface area contributed by atoms with Gasteiger partial charge in [0.2, 0.25) is 0 Å². The lowest BCUT2D eigenvalue weighted by Crippen LogP contribution is -2.35. The first-order chi connectivity index (χ1) is 8.15. The van der Waals surface area contributed by atoms with E-state index in [0.717, 1.165) is 37.5 Å². The van der Waals surface area contributed by atoms with Crippen LogP contribution in [-0.2, 0) is 4.74 Å². The van der Waals surface area contributed by atoms with Gasteiger partial charge in [-0.25, -0.2) is 0 Å². The van der Waals surface area contributed by atoms with Gasteiger partial charge in [0.1, 0.15) is 0 Å². The number of ether oxygens (including phenoxy) is 1. The Kier molecular flexibility index (Phi) is 6.83. The van der Waals surface area contributed by atoms with Crippen LogP contribution in [0.2, 0.25) is 0 Å². The van der Waals surface area contributed by atoms with Crippen molar-refractivity contribution in [3.05, 3.63) is 12.7 Å². The Labute approximate surface area is 107 Å². The van der Waals surface area contributed by atoms with E-state index in [1.807, 2.05) is 6.08 Å². The van der Waals surface area contributed by atoms with Gasteiger partial charge in [0.25, 0.3) is 0 Å². The molecule has 0 aliphatic heterocycles. The summed E-state index contributed by atoms with van der Waals surface area (Å²) in [6.45, 7) is 13.3. The first kappa shape index (κ1) is 14.7. The molecule has 3 unspecified atom stereocenters. The molecule has 17 heavy (non-hydrogen) atoms. The molecular weight excluding hydrogens is 210 g/mol. The first-order valence-electron chi connectivity index (χ1n) is 7.08. The maximum Gasteiger partial charge on any atom is 0.0608 e. The minimum atomic E-state index is 0.476. The predicted octanol–water partition coefficient (Wildman–Crippen LogP) is 3.24. The molecule has 0 heterocycles. The largest absolute Gasteiger partial charge is 0.377 e. The Balaban J connectivity index is 2.28. The predicted molar refractivity (Wildman–Crippen MR) is 74.1 cm³/mol. The fourth-order valence-corrected chi connectivity index (χ4v) is 2.79. The van der Waals surface area contributed by atoms with E-state index in [2.05, 4.69) is 32.7 Å². The third-order valence-corrected chi connectivity index (χ3v) is 3.86. The molecule has 1 fully saturated rings. The maximum atomic E-state index is 6.08. The summed E-state index contributed by atoms with van der Waals surface area (Å²) in [7, 11) is 0. The van der Waals surface area contributed by atoms with Crippen LogP contribution in [0.1, 0.15) is 40.0 Å². The quantitative estimate of drug-likeness (QED) is 0.544. The molecule has 100 valence electrons. The zero-order valence-electron chi connectivity index (χ0n) is 11.7. The minimum Gasteiger partial charge on any atom is -0.377 e. The van der Waals surface area contributed by atoms with E-state index in [4.69, 9.17) is 4.74 Å². The lowest BCUT2D eigenvalue weighted by atomic mass is 9.75. The fourth-order valence-electron chi connectivity index (χ4n) is 2.79. The van der Waals surface area contributed by atoms with Crippen molar-refractivity contribution in [3.8, 4) is 0 Å². The van der Waals surface area contributed by atoms with E-state index >= 15 is 0 Å². The SMILES string of the molecule is C=CCNCCOC1CC(C)CCC1C(C)C. The average molecular weight is 239 g/mol. The summed E-state index contributed by atoms with van der Waals surface area (Å²) in [6, 6.07) is 0. The van der Waals surface area contributed by atoms with Gasteiger partial charge in [0.15, 0.2) is 0 Å². The lowest BCUT2D eigenvalue weighted by molar-refractivity contribution is -0.0365. The monoisotopic (exact) mass is 239 g/mol. The zero-order chi connectivity index (χ0) is 12.7. The summed E-state index contributed by atoms with van der Waals surface area (Å²) in [5.41, 5.74) is 0. The molecule has 0 amide bonds. The molecule has 1 rings (SSSR count). The summed E-state index contributed by atoms with van der Waals surface area (Å²) in [4.78, 5) is 0. The number of hydrogen-bond donors (Lipinski definition) is 1. The van der Waals surface area contributed by atoms with Gasteiger partial charge < -0.3 is 10.1 Å². The van der Waals surface area contributed by atoms with Gasteiger partial charge >= 0.3 is 0 Å². The molecule has 1 aliphatic carbocycles. The second-order valence-electron chi connectivity index (χ2n) is 5.73. The smallest absolute Gasteiger partial charge is 0.0608 e. The molecule has 2 heteroatoms. The summed E-state index contributed by atoms with van der Waals surface area (Å²) >= 11 is 0. The van der Waals surface area contributed by atoms with Crippen LogP contribution in [0.4, 0.5) is 0 Å². The molecule has 0 saturated heterocycles. The van der Waals surface area contributed by atoms with Crippen molar-refractivity contribution in [2.75, 3.05) is 19.7 Å². The van der Waals surface area contributed by atoms with Gasteiger partial charge in [-0.05, 0) is 30.6 Å². The van der Waals surface area contributed by atoms with Gasteiger partial charge in [-0.3, -0.25) is 0 Å². The molecule has 0 spiro atoms. The van der Waals surface area contributed by atoms with Crippen LogP contribution in [0.25, 0.3) is 0 Å². The summed E-state index contributed by atoms with van der Waals surface area (Å²) in [6.07, 6.45) is 6.31. The Morgan fingerprint density at radius 2 is 2.18 bits per heavy atom. The second kappa shape index (κ2) is 7.88. The highest BCUT2D eigenvalue weighted by molar-refractivity contribution is 4.81. The summed E-state index contributed by atoms with van der Waals surface area (Å²) < 4.78 is 6.08. The van der Waals surface area contributed by atoms with Crippen molar-refractivity contribution in [2.45, 2.75) is 46.1 Å². The Bertz CT molecular complexity index is 215. The van der Waals surface area contributed by atoms with Crippen LogP contribution in [0.5, 0.6) is 0 Å². The Hall–Kier alpha value is -0.340. The average Bonchev–Trinajstić information content (AvgIpc) is 2.28. The van der Waals surface area contributed by atoms with Crippen molar-refractivity contribution >= 4 is 0 Å². The normalized spacial score (nSPS) is 29.5. The molecule has 3 atom stereocenters. The highest BCUT2D eigenvalue weighted by atomic mass is 16.5. The fraction of sp³-hybridized carbons (Fsp3) is 0.867. The van der Waals surface area contributed by atoms with Crippen molar-refractivity contribution in [3.63, 3.8) is 0 Å². The van der Waals surface area contributed by atoms with Crippen molar-refractivity contribution in [2.24, 2.45) is 17.8 Å². The molecule has 2 nitrogen and oxygen atoms in total. The number of nitrogens with one attached hydrogen (secondary N) is 1. The number of hydrogen-bond acceptors (Lipinski definition) is 2. The minimum absolute atomic E-state index is 0.476. The molecule has 0 aromatic rings. The second-order valence-corrected chi connectivity index (χ2v) is 5.73. The van der Waals surface area contributed by atoms with Crippen LogP contribution in [0.3, 0.4) is 0 Å². The molecule has 1 N–H and O–H groups in total. The van der Waals surface area contributed by atoms with E-state index in [9.17, 15) is 0 Å². The van der Waals surface area contributed by atoms with Gasteiger partial charge in [-0.2, -0.15) is 0 Å². The van der Waals surface area contributed by atoms with Crippen LogP contribution < -0.4 is 5.32 Å². The third-order valence-electron chi connectivity index (χ3n) is 3.86. The van der Waals surface area contributed by atoms with E-state index in [-0.39, 0.29) is 0 Å². The molecule has 1 aliphatic rings. The van der Waals surface area contributed by atoms with Crippen LogP contribution >= 0.6 is 0 Å². The Morgan fingerprint density at radius 3 is 2.82 bits per heavy atom. The van der Waals surface area contributed by atoms with E-state index in [1.165, 1.54) is 19.3 Å². The number of rotatable bonds is 7. The Morgan fingerprint density at radius 1 is 1.41 bits per heavy atom. The van der Waals surface area contributed by atoms with E-state index in [0.29, 0.717) is 6.10 Å². The summed E-state index contributed by atoms with van der Waals surface area (Å²) in [5, 5.41) is 3.29. The van der Waals surface area contributed by atoms with Crippen LogP contribution in [-0.4, -0.2) is 25.8 Å². The van der Waals surface area contributed by atoms with Crippen molar-refractivity contribution in [1.29, 1.82) is 0 Å². The highest BCUT2D eigenvalue weighted by Crippen LogP contribution is 2.35. The van der Waals surface area contributed by atoms with Gasteiger partial charge in [-0.15, -0.1) is 6.58 Å². The topological polar surface area (TPSA) is 21.3 Å². The lowest BCUT2D eigenvalue weighted by Gasteiger charge is -2.37. The summed E-state index contributed by atoms with van der Waals surface area (Å²) in [5.74, 6) is 2.33. The molecule has 0 radical (unpaired) electrons. The van der Waals surface area contributed by atoms with Gasteiger partial charge in [0, 0.05) is 13.1 Å².